The normalized spacial score (nSPS) is 11.4. The number of hydrogen-bond acceptors (Lipinski definition) is 4. The quantitative estimate of drug-likeness (QED) is 0.745. The number of ether oxygens (including phenoxy) is 1. The lowest BCUT2D eigenvalue weighted by molar-refractivity contribution is -0.115. The Morgan fingerprint density at radius 3 is 2.69 bits per heavy atom. The molecule has 2 aromatic carbocycles. The molecule has 5 nitrogen and oxygen atoms in total. The highest BCUT2D eigenvalue weighted by Gasteiger charge is 2.09. The standard InChI is InChI=1S/C20H21N3O2S/c1-14-5-4-6-16(11-14)22-20-23(2)17(13-26-20)12-19(24)21-15-7-9-18(25-3)10-8-15/h4-11,13H,12H2,1-3H3,(H,21,24). The van der Waals surface area contributed by atoms with Crippen LogP contribution in [0.1, 0.15) is 11.3 Å². The molecular formula is C20H21N3O2S. The van der Waals surface area contributed by atoms with E-state index >= 15 is 0 Å². The molecule has 26 heavy (non-hydrogen) atoms. The minimum atomic E-state index is -0.0642. The zero-order valence-electron chi connectivity index (χ0n) is 15.0. The number of anilines is 1. The second kappa shape index (κ2) is 8.01. The van der Waals surface area contributed by atoms with Gasteiger partial charge in [0.1, 0.15) is 5.75 Å². The highest BCUT2D eigenvalue weighted by Crippen LogP contribution is 2.16. The fourth-order valence-corrected chi connectivity index (χ4v) is 3.43. The number of carbonyl (C=O) groups excluding carboxylic acids is 1. The lowest BCUT2D eigenvalue weighted by Gasteiger charge is -2.07. The van der Waals surface area contributed by atoms with Crippen LogP contribution in [-0.4, -0.2) is 17.6 Å². The molecule has 0 unspecified atom stereocenters. The molecule has 1 aromatic heterocycles. The SMILES string of the molecule is COc1ccc(NC(=O)Cc2csc(=Nc3cccc(C)c3)n2C)cc1. The van der Waals surface area contributed by atoms with Crippen molar-refractivity contribution < 1.29 is 9.53 Å². The van der Waals surface area contributed by atoms with Crippen molar-refractivity contribution in [1.29, 1.82) is 0 Å². The van der Waals surface area contributed by atoms with E-state index < -0.39 is 0 Å². The fraction of sp³-hybridized carbons (Fsp3) is 0.200. The zero-order valence-corrected chi connectivity index (χ0v) is 15.8. The first-order chi connectivity index (χ1) is 12.5. The van der Waals surface area contributed by atoms with Crippen LogP contribution in [0.5, 0.6) is 5.75 Å². The first-order valence-electron chi connectivity index (χ1n) is 8.24. The van der Waals surface area contributed by atoms with Gasteiger partial charge in [0.25, 0.3) is 0 Å². The summed E-state index contributed by atoms with van der Waals surface area (Å²) in [7, 11) is 3.55. The first-order valence-corrected chi connectivity index (χ1v) is 9.12. The molecule has 0 bridgehead atoms. The summed E-state index contributed by atoms with van der Waals surface area (Å²) < 4.78 is 7.08. The topological polar surface area (TPSA) is 55.6 Å². The Balaban J connectivity index is 1.72. The second-order valence-electron chi connectivity index (χ2n) is 5.97. The Morgan fingerprint density at radius 2 is 2.00 bits per heavy atom. The predicted molar refractivity (Wildman–Crippen MR) is 105 cm³/mol. The van der Waals surface area contributed by atoms with Gasteiger partial charge in [0, 0.05) is 23.8 Å². The molecule has 0 saturated carbocycles. The van der Waals surface area contributed by atoms with E-state index in [9.17, 15) is 4.79 Å². The number of amides is 1. The summed E-state index contributed by atoms with van der Waals surface area (Å²) >= 11 is 1.53. The molecule has 1 amide bonds. The molecular weight excluding hydrogens is 346 g/mol. The monoisotopic (exact) mass is 367 g/mol. The number of rotatable bonds is 5. The van der Waals surface area contributed by atoms with E-state index in [1.165, 1.54) is 16.9 Å². The lowest BCUT2D eigenvalue weighted by atomic mass is 10.2. The van der Waals surface area contributed by atoms with Crippen molar-refractivity contribution in [2.75, 3.05) is 12.4 Å². The molecule has 6 heteroatoms. The van der Waals surface area contributed by atoms with Gasteiger partial charge in [0.2, 0.25) is 5.91 Å². The maximum atomic E-state index is 12.3. The molecule has 0 aliphatic heterocycles. The van der Waals surface area contributed by atoms with E-state index in [0.717, 1.165) is 27.6 Å². The zero-order chi connectivity index (χ0) is 18.5. The minimum Gasteiger partial charge on any atom is -0.497 e. The van der Waals surface area contributed by atoms with Crippen LogP contribution in [0.15, 0.2) is 58.9 Å². The summed E-state index contributed by atoms with van der Waals surface area (Å²) in [6.07, 6.45) is 0.294. The number of thiazole rings is 1. The lowest BCUT2D eigenvalue weighted by Crippen LogP contribution is -2.19. The van der Waals surface area contributed by atoms with Crippen LogP contribution in [0.4, 0.5) is 11.4 Å². The van der Waals surface area contributed by atoms with Crippen molar-refractivity contribution in [2.45, 2.75) is 13.3 Å². The van der Waals surface area contributed by atoms with Crippen molar-refractivity contribution in [3.63, 3.8) is 0 Å². The average molecular weight is 367 g/mol. The maximum Gasteiger partial charge on any atom is 0.230 e. The summed E-state index contributed by atoms with van der Waals surface area (Å²) in [4.78, 5) is 17.9. The van der Waals surface area contributed by atoms with Gasteiger partial charge in [-0.2, -0.15) is 0 Å². The first kappa shape index (κ1) is 17.9. The van der Waals surface area contributed by atoms with E-state index in [0.29, 0.717) is 6.42 Å². The van der Waals surface area contributed by atoms with Gasteiger partial charge in [-0.1, -0.05) is 12.1 Å². The highest BCUT2D eigenvalue weighted by molar-refractivity contribution is 7.07. The number of methoxy groups -OCH3 is 1. The summed E-state index contributed by atoms with van der Waals surface area (Å²) in [6, 6.07) is 15.3. The van der Waals surface area contributed by atoms with Gasteiger partial charge in [-0.25, -0.2) is 4.99 Å². The van der Waals surface area contributed by atoms with E-state index in [2.05, 4.69) is 10.3 Å². The van der Waals surface area contributed by atoms with Gasteiger partial charge in [-0.3, -0.25) is 4.79 Å². The molecule has 0 spiro atoms. The predicted octanol–water partition coefficient (Wildman–Crippen LogP) is 3.82. The third kappa shape index (κ3) is 4.40. The molecule has 1 N–H and O–H groups in total. The largest absolute Gasteiger partial charge is 0.497 e. The molecule has 0 saturated heterocycles. The Morgan fingerprint density at radius 1 is 1.23 bits per heavy atom. The van der Waals surface area contributed by atoms with Gasteiger partial charge in [0.05, 0.1) is 19.2 Å². The third-order valence-electron chi connectivity index (χ3n) is 3.96. The van der Waals surface area contributed by atoms with Crippen LogP contribution in [0.25, 0.3) is 0 Å². The number of benzene rings is 2. The Labute approximate surface area is 156 Å². The van der Waals surface area contributed by atoms with Crippen molar-refractivity contribution in [1.82, 2.24) is 4.57 Å². The van der Waals surface area contributed by atoms with E-state index in [-0.39, 0.29) is 5.91 Å². The molecule has 1 heterocycles. The number of aromatic nitrogens is 1. The average Bonchev–Trinajstić information content (AvgIpc) is 2.96. The molecule has 3 aromatic rings. The van der Waals surface area contributed by atoms with Crippen LogP contribution in [0.2, 0.25) is 0 Å². The summed E-state index contributed by atoms with van der Waals surface area (Å²) in [5, 5.41) is 4.88. The molecule has 3 rings (SSSR count). The smallest absolute Gasteiger partial charge is 0.230 e. The van der Waals surface area contributed by atoms with E-state index in [1.54, 1.807) is 7.11 Å². The Bertz CT molecular complexity index is 971. The molecule has 0 atom stereocenters. The molecule has 0 aliphatic carbocycles. The number of aryl methyl sites for hydroxylation is 1. The molecule has 0 radical (unpaired) electrons. The summed E-state index contributed by atoms with van der Waals surface area (Å²) in [5.74, 6) is 0.695. The van der Waals surface area contributed by atoms with Crippen molar-refractivity contribution >= 4 is 28.6 Å². The molecule has 0 fully saturated rings. The van der Waals surface area contributed by atoms with E-state index in [4.69, 9.17) is 4.74 Å². The summed E-state index contributed by atoms with van der Waals surface area (Å²) in [6.45, 7) is 2.04. The minimum absolute atomic E-state index is 0.0642. The van der Waals surface area contributed by atoms with Crippen LogP contribution < -0.4 is 14.9 Å². The number of nitrogens with one attached hydrogen (secondary N) is 1. The number of nitrogens with zero attached hydrogens (tertiary/aromatic N) is 2. The fourth-order valence-electron chi connectivity index (χ4n) is 2.52. The van der Waals surface area contributed by atoms with E-state index in [1.807, 2.05) is 72.4 Å². The van der Waals surface area contributed by atoms with Gasteiger partial charge in [-0.05, 0) is 48.9 Å². The number of carbonyl (C=O) groups is 1. The van der Waals surface area contributed by atoms with Crippen molar-refractivity contribution in [2.24, 2.45) is 12.0 Å². The van der Waals surface area contributed by atoms with Crippen LogP contribution >= 0.6 is 11.3 Å². The van der Waals surface area contributed by atoms with Gasteiger partial charge in [-0.15, -0.1) is 11.3 Å². The van der Waals surface area contributed by atoms with Gasteiger partial charge >= 0.3 is 0 Å². The van der Waals surface area contributed by atoms with Gasteiger partial charge in [0.15, 0.2) is 4.80 Å². The molecule has 0 aliphatic rings. The van der Waals surface area contributed by atoms with Crippen LogP contribution in [0.3, 0.4) is 0 Å². The number of hydrogen-bond donors (Lipinski definition) is 1. The summed E-state index contributed by atoms with van der Waals surface area (Å²) in [5.41, 5.74) is 3.76. The van der Waals surface area contributed by atoms with Crippen molar-refractivity contribution in [3.05, 3.63) is 70.0 Å². The van der Waals surface area contributed by atoms with Crippen LogP contribution in [0, 0.1) is 6.92 Å². The molecule has 134 valence electrons. The van der Waals surface area contributed by atoms with Crippen molar-refractivity contribution in [3.8, 4) is 5.75 Å². The Kier molecular flexibility index (Phi) is 5.53. The third-order valence-corrected chi connectivity index (χ3v) is 4.93. The maximum absolute atomic E-state index is 12.3. The van der Waals surface area contributed by atoms with Gasteiger partial charge < -0.3 is 14.6 Å². The van der Waals surface area contributed by atoms with Crippen LogP contribution in [-0.2, 0) is 18.3 Å². The highest BCUT2D eigenvalue weighted by atomic mass is 32.1. The Hall–Kier alpha value is -2.86. The second-order valence-corrected chi connectivity index (χ2v) is 6.81.